The smallest absolute Gasteiger partial charge is 0.240 e. The van der Waals surface area contributed by atoms with Crippen molar-refractivity contribution in [2.24, 2.45) is 0 Å². The Kier molecular flexibility index (Phi) is 4.07. The number of rotatable bonds is 5. The third-order valence-corrected chi connectivity index (χ3v) is 2.60. The first-order valence-electron chi connectivity index (χ1n) is 5.79. The van der Waals surface area contributed by atoms with Gasteiger partial charge in [-0.05, 0) is 23.8 Å². The topological polar surface area (TPSA) is 66.6 Å². The quantitative estimate of drug-likeness (QED) is 0.893. The molecule has 0 saturated heterocycles. The number of nitrogen functional groups attached to an aromatic ring is 1. The summed E-state index contributed by atoms with van der Waals surface area (Å²) in [6, 6.07) is 11.1. The van der Waals surface area contributed by atoms with Crippen LogP contribution in [0.1, 0.15) is 5.56 Å². The molecule has 0 aliphatic heterocycles. The highest BCUT2D eigenvalue weighted by molar-refractivity contribution is 5.49. The molecule has 0 amide bonds. The first kappa shape index (κ1) is 13.0. The summed E-state index contributed by atoms with van der Waals surface area (Å²) in [4.78, 5) is 4.15. The summed E-state index contributed by atoms with van der Waals surface area (Å²) in [5.74, 6) is 1.66. The molecule has 2 aromatic rings. The predicted molar refractivity (Wildman–Crippen MR) is 72.5 cm³/mol. The lowest BCUT2D eigenvalue weighted by molar-refractivity contribution is 0.287. The summed E-state index contributed by atoms with van der Waals surface area (Å²) in [5.41, 5.74) is 7.19. The molecule has 0 aliphatic rings. The van der Waals surface area contributed by atoms with E-state index in [-0.39, 0.29) is 0 Å². The Hall–Kier alpha value is -2.43. The Morgan fingerprint density at radius 3 is 2.37 bits per heavy atom. The molecule has 0 spiro atoms. The van der Waals surface area contributed by atoms with E-state index < -0.39 is 0 Å². The average molecular weight is 260 g/mol. The van der Waals surface area contributed by atoms with E-state index in [0.717, 1.165) is 11.3 Å². The van der Waals surface area contributed by atoms with E-state index in [1.807, 2.05) is 24.3 Å². The van der Waals surface area contributed by atoms with Gasteiger partial charge in [0.1, 0.15) is 12.4 Å². The van der Waals surface area contributed by atoms with E-state index >= 15 is 0 Å². The minimum absolute atomic E-state index is 0.368. The van der Waals surface area contributed by atoms with Gasteiger partial charge in [0.15, 0.2) is 0 Å². The molecule has 0 radical (unpaired) electrons. The van der Waals surface area contributed by atoms with Crippen LogP contribution >= 0.6 is 0 Å². The largest absolute Gasteiger partial charge is 0.497 e. The van der Waals surface area contributed by atoms with Gasteiger partial charge in [-0.3, -0.25) is 0 Å². The number of nitrogens with zero attached hydrogens (tertiary/aromatic N) is 1. The number of ether oxygens (including phenoxy) is 3. The van der Waals surface area contributed by atoms with E-state index in [2.05, 4.69) is 4.98 Å². The van der Waals surface area contributed by atoms with Crippen LogP contribution in [-0.2, 0) is 6.61 Å². The van der Waals surface area contributed by atoms with Crippen molar-refractivity contribution < 1.29 is 14.2 Å². The molecule has 1 aromatic heterocycles. The van der Waals surface area contributed by atoms with Crippen LogP contribution < -0.4 is 19.9 Å². The van der Waals surface area contributed by atoms with Crippen LogP contribution in [0, 0.1) is 0 Å². The van der Waals surface area contributed by atoms with E-state index in [9.17, 15) is 0 Å². The number of pyridine rings is 1. The molecule has 1 aromatic carbocycles. The number of anilines is 1. The minimum atomic E-state index is 0.368. The van der Waals surface area contributed by atoms with Crippen LogP contribution in [0.4, 0.5) is 5.69 Å². The van der Waals surface area contributed by atoms with Gasteiger partial charge in [0.05, 0.1) is 19.9 Å². The van der Waals surface area contributed by atoms with Gasteiger partial charge in [0, 0.05) is 6.07 Å². The predicted octanol–water partition coefficient (Wildman–Crippen LogP) is 2.26. The molecule has 0 fully saturated rings. The molecule has 19 heavy (non-hydrogen) atoms. The molecular formula is C14H16N2O3. The fourth-order valence-electron chi connectivity index (χ4n) is 1.56. The van der Waals surface area contributed by atoms with Crippen LogP contribution in [0.2, 0.25) is 0 Å². The Morgan fingerprint density at radius 2 is 1.74 bits per heavy atom. The van der Waals surface area contributed by atoms with Crippen LogP contribution in [0.3, 0.4) is 0 Å². The zero-order valence-corrected chi connectivity index (χ0v) is 10.9. The normalized spacial score (nSPS) is 10.0. The molecule has 0 aliphatic carbocycles. The fourth-order valence-corrected chi connectivity index (χ4v) is 1.56. The number of aromatic nitrogens is 1. The van der Waals surface area contributed by atoms with Crippen molar-refractivity contribution in [1.29, 1.82) is 0 Å². The molecule has 1 heterocycles. The number of methoxy groups -OCH3 is 2. The summed E-state index contributed by atoms with van der Waals surface area (Å²) >= 11 is 0. The fraction of sp³-hybridized carbons (Fsp3) is 0.214. The SMILES string of the molecule is COc1ccc(COc2ccc(N)c(OC)n2)cc1. The maximum atomic E-state index is 5.68. The van der Waals surface area contributed by atoms with Gasteiger partial charge in [-0.2, -0.15) is 4.98 Å². The van der Waals surface area contributed by atoms with Gasteiger partial charge >= 0.3 is 0 Å². The molecule has 0 saturated carbocycles. The van der Waals surface area contributed by atoms with E-state index in [4.69, 9.17) is 19.9 Å². The van der Waals surface area contributed by atoms with E-state index in [0.29, 0.717) is 24.1 Å². The van der Waals surface area contributed by atoms with Gasteiger partial charge < -0.3 is 19.9 Å². The third kappa shape index (κ3) is 3.28. The van der Waals surface area contributed by atoms with Crippen molar-refractivity contribution >= 4 is 5.69 Å². The third-order valence-electron chi connectivity index (χ3n) is 2.60. The highest BCUT2D eigenvalue weighted by atomic mass is 16.5. The average Bonchev–Trinajstić information content (AvgIpc) is 2.47. The van der Waals surface area contributed by atoms with Crippen LogP contribution in [0.25, 0.3) is 0 Å². The summed E-state index contributed by atoms with van der Waals surface area (Å²) in [5, 5.41) is 0. The van der Waals surface area contributed by atoms with Gasteiger partial charge in [-0.1, -0.05) is 12.1 Å². The second kappa shape index (κ2) is 5.95. The van der Waals surface area contributed by atoms with Gasteiger partial charge in [0.2, 0.25) is 11.8 Å². The Bertz CT molecular complexity index is 541. The molecule has 0 bridgehead atoms. The summed E-state index contributed by atoms with van der Waals surface area (Å²) in [6.45, 7) is 0.421. The minimum Gasteiger partial charge on any atom is -0.497 e. The van der Waals surface area contributed by atoms with Crippen LogP contribution in [-0.4, -0.2) is 19.2 Å². The first-order valence-corrected chi connectivity index (χ1v) is 5.79. The summed E-state index contributed by atoms with van der Waals surface area (Å²) < 4.78 is 15.7. The standard InChI is InChI=1S/C14H16N2O3/c1-17-11-5-3-10(4-6-11)9-19-13-8-7-12(15)14(16-13)18-2/h3-8H,9,15H2,1-2H3. The maximum Gasteiger partial charge on any atom is 0.240 e. The number of hydrogen-bond donors (Lipinski definition) is 1. The number of nitrogens with two attached hydrogens (primary N) is 1. The summed E-state index contributed by atoms with van der Waals surface area (Å²) in [6.07, 6.45) is 0. The second-order valence-corrected chi connectivity index (χ2v) is 3.88. The molecule has 5 nitrogen and oxygen atoms in total. The molecule has 0 unspecified atom stereocenters. The number of benzene rings is 1. The zero-order chi connectivity index (χ0) is 13.7. The van der Waals surface area contributed by atoms with Gasteiger partial charge in [-0.15, -0.1) is 0 Å². The first-order chi connectivity index (χ1) is 9.22. The molecule has 5 heteroatoms. The van der Waals surface area contributed by atoms with Crippen molar-refractivity contribution in [3.8, 4) is 17.5 Å². The second-order valence-electron chi connectivity index (χ2n) is 3.88. The Morgan fingerprint density at radius 1 is 1.00 bits per heavy atom. The van der Waals surface area contributed by atoms with Crippen molar-refractivity contribution in [2.45, 2.75) is 6.61 Å². The van der Waals surface area contributed by atoms with Gasteiger partial charge in [-0.25, -0.2) is 0 Å². The van der Waals surface area contributed by atoms with E-state index in [1.54, 1.807) is 19.2 Å². The molecule has 2 N–H and O–H groups in total. The summed E-state index contributed by atoms with van der Waals surface area (Å²) in [7, 11) is 3.15. The van der Waals surface area contributed by atoms with E-state index in [1.165, 1.54) is 7.11 Å². The zero-order valence-electron chi connectivity index (χ0n) is 10.9. The lowest BCUT2D eigenvalue weighted by Gasteiger charge is -2.08. The highest BCUT2D eigenvalue weighted by Gasteiger charge is 2.04. The molecular weight excluding hydrogens is 244 g/mol. The van der Waals surface area contributed by atoms with Gasteiger partial charge in [0.25, 0.3) is 0 Å². The lowest BCUT2D eigenvalue weighted by Crippen LogP contribution is -2.00. The lowest BCUT2D eigenvalue weighted by atomic mass is 10.2. The monoisotopic (exact) mass is 260 g/mol. The van der Waals surface area contributed by atoms with Crippen LogP contribution in [0.15, 0.2) is 36.4 Å². The molecule has 100 valence electrons. The van der Waals surface area contributed by atoms with Crippen molar-refractivity contribution in [2.75, 3.05) is 20.0 Å². The molecule has 0 atom stereocenters. The molecule has 2 rings (SSSR count). The Balaban J connectivity index is 2.01. The van der Waals surface area contributed by atoms with Crippen molar-refractivity contribution in [3.63, 3.8) is 0 Å². The van der Waals surface area contributed by atoms with Crippen molar-refractivity contribution in [1.82, 2.24) is 4.98 Å². The number of hydrogen-bond acceptors (Lipinski definition) is 5. The maximum absolute atomic E-state index is 5.68. The van der Waals surface area contributed by atoms with Crippen molar-refractivity contribution in [3.05, 3.63) is 42.0 Å². The highest BCUT2D eigenvalue weighted by Crippen LogP contribution is 2.22. The Labute approximate surface area is 111 Å². The van der Waals surface area contributed by atoms with Crippen LogP contribution in [0.5, 0.6) is 17.5 Å².